The average Bonchev–Trinajstić information content (AvgIpc) is 2.46. The molecule has 1 unspecified atom stereocenters. The van der Waals surface area contributed by atoms with E-state index in [1.165, 1.54) is 0 Å². The van der Waals surface area contributed by atoms with Gasteiger partial charge in [0.25, 0.3) is 5.91 Å². The van der Waals surface area contributed by atoms with E-state index in [0.717, 1.165) is 5.69 Å². The Hall–Kier alpha value is -2.15. The zero-order chi connectivity index (χ0) is 15.6. The number of nitrogens with two attached hydrogens (primary N) is 1. The third-order valence-electron chi connectivity index (χ3n) is 3.80. The maximum atomic E-state index is 11.5. The van der Waals surface area contributed by atoms with Crippen LogP contribution in [0.3, 0.4) is 0 Å². The van der Waals surface area contributed by atoms with Crippen molar-refractivity contribution >= 4 is 17.7 Å². The molecule has 0 aliphatic carbocycles. The van der Waals surface area contributed by atoms with Crippen LogP contribution in [0.2, 0.25) is 0 Å². The Morgan fingerprint density at radius 1 is 1.29 bits per heavy atom. The molecule has 2 rings (SSSR count). The highest BCUT2D eigenvalue weighted by Crippen LogP contribution is 2.20. The molecule has 0 radical (unpaired) electrons. The van der Waals surface area contributed by atoms with E-state index in [2.05, 4.69) is 4.98 Å². The largest absolute Gasteiger partial charge is 0.480 e. The number of carboxylic acids is 1. The number of pyridine rings is 1. The number of aromatic nitrogens is 1. The van der Waals surface area contributed by atoms with E-state index in [4.69, 9.17) is 10.8 Å². The molecule has 1 aromatic rings. The third kappa shape index (κ3) is 3.30. The van der Waals surface area contributed by atoms with Gasteiger partial charge in [0.15, 0.2) is 0 Å². The molecule has 1 fully saturated rings. The molecule has 21 heavy (non-hydrogen) atoms. The first-order chi connectivity index (χ1) is 9.90. The Morgan fingerprint density at radius 3 is 2.43 bits per heavy atom. The number of carbonyl (C=O) groups is 2. The van der Waals surface area contributed by atoms with Crippen molar-refractivity contribution in [2.75, 3.05) is 31.1 Å². The predicted molar refractivity (Wildman–Crippen MR) is 78.4 cm³/mol. The summed E-state index contributed by atoms with van der Waals surface area (Å²) in [6.45, 7) is 6.00. The molecule has 1 atom stereocenters. The minimum absolute atomic E-state index is 0.403. The number of hydrogen-bond acceptors (Lipinski definition) is 5. The van der Waals surface area contributed by atoms with Crippen LogP contribution in [-0.2, 0) is 4.79 Å². The maximum absolute atomic E-state index is 11.5. The molecule has 7 nitrogen and oxygen atoms in total. The number of carbonyl (C=O) groups excluding carboxylic acids is 1. The summed E-state index contributed by atoms with van der Waals surface area (Å²) in [4.78, 5) is 30.8. The Labute approximate surface area is 123 Å². The Morgan fingerprint density at radius 2 is 1.90 bits per heavy atom. The van der Waals surface area contributed by atoms with E-state index < -0.39 is 17.9 Å². The summed E-state index contributed by atoms with van der Waals surface area (Å²) < 4.78 is 0. The lowest BCUT2D eigenvalue weighted by Gasteiger charge is -2.37. The van der Waals surface area contributed by atoms with Crippen molar-refractivity contribution in [1.82, 2.24) is 9.88 Å². The van der Waals surface area contributed by atoms with Crippen molar-refractivity contribution in [1.29, 1.82) is 0 Å². The van der Waals surface area contributed by atoms with Crippen LogP contribution in [0.25, 0.3) is 0 Å². The zero-order valence-electron chi connectivity index (χ0n) is 12.2. The molecule has 0 aromatic carbocycles. The van der Waals surface area contributed by atoms with Crippen molar-refractivity contribution in [2.24, 2.45) is 5.73 Å². The standard InChI is InChI=1S/C14H20N4O3/c1-9-3-4-11(12(15)19)13(16-9)18-7-5-17(6-8-18)10(2)14(20)21/h3-4,10H,5-8H2,1-2H3,(H2,15,19)(H,20,21). The monoisotopic (exact) mass is 292 g/mol. The Bertz CT molecular complexity index is 553. The van der Waals surface area contributed by atoms with Crippen molar-refractivity contribution in [2.45, 2.75) is 19.9 Å². The minimum atomic E-state index is -0.824. The number of rotatable bonds is 4. The first-order valence-electron chi connectivity index (χ1n) is 6.89. The van der Waals surface area contributed by atoms with Gasteiger partial charge in [0.2, 0.25) is 0 Å². The van der Waals surface area contributed by atoms with Gasteiger partial charge in [-0.2, -0.15) is 0 Å². The molecule has 0 saturated carbocycles. The van der Waals surface area contributed by atoms with E-state index in [0.29, 0.717) is 37.6 Å². The Kier molecular flexibility index (Phi) is 4.42. The summed E-state index contributed by atoms with van der Waals surface area (Å²) in [5, 5.41) is 9.04. The zero-order valence-corrected chi connectivity index (χ0v) is 12.2. The van der Waals surface area contributed by atoms with Gasteiger partial charge in [-0.15, -0.1) is 0 Å². The highest BCUT2D eigenvalue weighted by molar-refractivity contribution is 5.97. The van der Waals surface area contributed by atoms with Gasteiger partial charge in [-0.05, 0) is 26.0 Å². The minimum Gasteiger partial charge on any atom is -0.480 e. The van der Waals surface area contributed by atoms with Crippen LogP contribution in [0.15, 0.2) is 12.1 Å². The van der Waals surface area contributed by atoms with E-state index in [1.807, 2.05) is 16.7 Å². The number of nitrogens with zero attached hydrogens (tertiary/aromatic N) is 3. The van der Waals surface area contributed by atoms with E-state index >= 15 is 0 Å². The van der Waals surface area contributed by atoms with Crippen LogP contribution in [0.4, 0.5) is 5.82 Å². The summed E-state index contributed by atoms with van der Waals surface area (Å²) in [5.41, 5.74) is 6.61. The fourth-order valence-electron chi connectivity index (χ4n) is 2.45. The predicted octanol–water partition coefficient (Wildman–Crippen LogP) is 0.0840. The van der Waals surface area contributed by atoms with Gasteiger partial charge in [0, 0.05) is 31.9 Å². The molecule has 1 aliphatic heterocycles. The van der Waals surface area contributed by atoms with E-state index in [9.17, 15) is 9.59 Å². The molecule has 1 aromatic heterocycles. The highest BCUT2D eigenvalue weighted by atomic mass is 16.4. The number of hydrogen-bond donors (Lipinski definition) is 2. The van der Waals surface area contributed by atoms with Crippen LogP contribution in [0.1, 0.15) is 23.0 Å². The van der Waals surface area contributed by atoms with Gasteiger partial charge in [-0.25, -0.2) is 4.98 Å². The maximum Gasteiger partial charge on any atom is 0.320 e. The number of anilines is 1. The molecule has 3 N–H and O–H groups in total. The fraction of sp³-hybridized carbons (Fsp3) is 0.500. The molecule has 0 bridgehead atoms. The summed E-state index contributed by atoms with van der Waals surface area (Å²) >= 11 is 0. The molecular weight excluding hydrogens is 272 g/mol. The second-order valence-corrected chi connectivity index (χ2v) is 5.23. The van der Waals surface area contributed by atoms with Crippen molar-refractivity contribution in [3.8, 4) is 0 Å². The van der Waals surface area contributed by atoms with Crippen LogP contribution in [0.5, 0.6) is 0 Å². The van der Waals surface area contributed by atoms with Gasteiger partial charge >= 0.3 is 5.97 Å². The SMILES string of the molecule is Cc1ccc(C(N)=O)c(N2CCN(C(C)C(=O)O)CC2)n1. The lowest BCUT2D eigenvalue weighted by molar-refractivity contribution is -0.142. The fourth-order valence-corrected chi connectivity index (χ4v) is 2.45. The van der Waals surface area contributed by atoms with Gasteiger partial charge < -0.3 is 15.7 Å². The van der Waals surface area contributed by atoms with Crippen molar-refractivity contribution in [3.63, 3.8) is 0 Å². The number of aryl methyl sites for hydroxylation is 1. The van der Waals surface area contributed by atoms with Crippen LogP contribution in [0, 0.1) is 6.92 Å². The van der Waals surface area contributed by atoms with Crippen LogP contribution in [-0.4, -0.2) is 59.1 Å². The smallest absolute Gasteiger partial charge is 0.320 e. The molecule has 0 spiro atoms. The molecule has 2 heterocycles. The topological polar surface area (TPSA) is 99.8 Å². The Balaban J connectivity index is 2.14. The van der Waals surface area contributed by atoms with Crippen LogP contribution >= 0.6 is 0 Å². The lowest BCUT2D eigenvalue weighted by Crippen LogP contribution is -2.52. The van der Waals surface area contributed by atoms with E-state index in [-0.39, 0.29) is 0 Å². The van der Waals surface area contributed by atoms with E-state index in [1.54, 1.807) is 19.1 Å². The number of aliphatic carboxylic acids is 1. The van der Waals surface area contributed by atoms with Gasteiger partial charge in [-0.1, -0.05) is 0 Å². The molecule has 1 saturated heterocycles. The normalized spacial score (nSPS) is 17.5. The lowest BCUT2D eigenvalue weighted by atomic mass is 10.1. The molecule has 7 heteroatoms. The molecule has 114 valence electrons. The molecule has 1 aliphatic rings. The number of amides is 1. The summed E-state index contributed by atoms with van der Waals surface area (Å²) in [6.07, 6.45) is 0. The molecule has 1 amide bonds. The quantitative estimate of drug-likeness (QED) is 0.815. The number of primary amides is 1. The highest BCUT2D eigenvalue weighted by Gasteiger charge is 2.27. The second-order valence-electron chi connectivity index (χ2n) is 5.23. The van der Waals surface area contributed by atoms with Gasteiger partial charge in [-0.3, -0.25) is 14.5 Å². The average molecular weight is 292 g/mol. The van der Waals surface area contributed by atoms with Gasteiger partial charge in [0.05, 0.1) is 5.56 Å². The second kappa shape index (κ2) is 6.09. The molecular formula is C14H20N4O3. The van der Waals surface area contributed by atoms with Gasteiger partial charge in [0.1, 0.15) is 11.9 Å². The number of piperazine rings is 1. The van der Waals surface area contributed by atoms with Crippen molar-refractivity contribution in [3.05, 3.63) is 23.4 Å². The number of carboxylic acid groups (broad SMARTS) is 1. The summed E-state index contributed by atoms with van der Waals surface area (Å²) in [5.74, 6) is -0.737. The van der Waals surface area contributed by atoms with Crippen LogP contribution < -0.4 is 10.6 Å². The summed E-state index contributed by atoms with van der Waals surface area (Å²) in [7, 11) is 0. The van der Waals surface area contributed by atoms with Crippen molar-refractivity contribution < 1.29 is 14.7 Å². The first-order valence-corrected chi connectivity index (χ1v) is 6.89. The third-order valence-corrected chi connectivity index (χ3v) is 3.80. The first kappa shape index (κ1) is 15.2. The summed E-state index contributed by atoms with van der Waals surface area (Å²) in [6, 6.07) is 2.94.